The zero-order valence-electron chi connectivity index (χ0n) is 14.8. The number of carbonyl (C=O) groups is 1. The van der Waals surface area contributed by atoms with E-state index in [0.29, 0.717) is 6.54 Å². The Morgan fingerprint density at radius 3 is 2.62 bits per heavy atom. The van der Waals surface area contributed by atoms with E-state index in [9.17, 15) is 9.90 Å². The Bertz CT molecular complexity index is 733. The van der Waals surface area contributed by atoms with Crippen molar-refractivity contribution in [2.24, 2.45) is 5.92 Å². The van der Waals surface area contributed by atoms with Gasteiger partial charge in [-0.25, -0.2) is 0 Å². The fourth-order valence-electron chi connectivity index (χ4n) is 4.03. The van der Waals surface area contributed by atoms with Crippen molar-refractivity contribution in [2.45, 2.75) is 37.4 Å². The topological polar surface area (TPSA) is 65.5 Å². The van der Waals surface area contributed by atoms with Crippen molar-refractivity contribution in [3.63, 3.8) is 0 Å². The van der Waals surface area contributed by atoms with Crippen molar-refractivity contribution in [2.75, 3.05) is 13.2 Å². The van der Waals surface area contributed by atoms with Crippen molar-refractivity contribution in [1.82, 2.24) is 15.2 Å². The Kier molecular flexibility index (Phi) is 5.00. The summed E-state index contributed by atoms with van der Waals surface area (Å²) in [7, 11) is 0. The van der Waals surface area contributed by atoms with Crippen LogP contribution in [-0.2, 0) is 11.3 Å². The first kappa shape index (κ1) is 17.2. The average molecular weight is 351 g/mol. The number of nitrogens with zero attached hydrogens (tertiary/aromatic N) is 2. The molecule has 1 saturated carbocycles. The number of aliphatic hydroxyl groups excluding tert-OH is 1. The highest BCUT2D eigenvalue weighted by Crippen LogP contribution is 2.41. The first-order chi connectivity index (χ1) is 12.8. The zero-order valence-corrected chi connectivity index (χ0v) is 14.8. The van der Waals surface area contributed by atoms with Gasteiger partial charge >= 0.3 is 0 Å². The van der Waals surface area contributed by atoms with E-state index >= 15 is 0 Å². The van der Waals surface area contributed by atoms with Crippen LogP contribution in [0.4, 0.5) is 0 Å². The normalized spacial score (nSPS) is 25.5. The van der Waals surface area contributed by atoms with Gasteiger partial charge in [-0.05, 0) is 30.0 Å². The summed E-state index contributed by atoms with van der Waals surface area (Å²) >= 11 is 0. The minimum Gasteiger partial charge on any atom is -0.395 e. The maximum Gasteiger partial charge on any atom is 0.223 e. The molecule has 5 nitrogen and oxygen atoms in total. The molecule has 2 heterocycles. The molecule has 1 aromatic heterocycles. The van der Waals surface area contributed by atoms with Crippen molar-refractivity contribution in [3.05, 3.63) is 66.0 Å². The lowest BCUT2D eigenvalue weighted by Gasteiger charge is -2.55. The Morgan fingerprint density at radius 2 is 1.96 bits per heavy atom. The smallest absolute Gasteiger partial charge is 0.223 e. The second kappa shape index (κ2) is 7.56. The molecule has 4 rings (SSSR count). The summed E-state index contributed by atoms with van der Waals surface area (Å²) in [5.74, 6) is 0.605. The predicted octanol–water partition coefficient (Wildman–Crippen LogP) is 1.94. The number of rotatable bonds is 7. The second-order valence-electron chi connectivity index (χ2n) is 7.31. The molecule has 1 aliphatic heterocycles. The van der Waals surface area contributed by atoms with Crippen LogP contribution in [0.5, 0.6) is 0 Å². The first-order valence-electron chi connectivity index (χ1n) is 9.36. The van der Waals surface area contributed by atoms with Crippen LogP contribution in [0.3, 0.4) is 0 Å². The number of aliphatic hydroxyl groups is 1. The summed E-state index contributed by atoms with van der Waals surface area (Å²) in [6.07, 6.45) is 5.65. The number of aromatic nitrogens is 1. The van der Waals surface area contributed by atoms with Gasteiger partial charge in [0.1, 0.15) is 0 Å². The molecule has 2 aliphatic rings. The molecule has 2 N–H and O–H groups in total. The van der Waals surface area contributed by atoms with Crippen LogP contribution in [0.15, 0.2) is 54.9 Å². The molecule has 0 spiro atoms. The maximum absolute atomic E-state index is 12.1. The van der Waals surface area contributed by atoms with Gasteiger partial charge in [-0.15, -0.1) is 0 Å². The molecule has 5 heteroatoms. The minimum absolute atomic E-state index is 0.0560. The van der Waals surface area contributed by atoms with E-state index < -0.39 is 0 Å². The van der Waals surface area contributed by atoms with Crippen LogP contribution >= 0.6 is 0 Å². The van der Waals surface area contributed by atoms with Crippen molar-refractivity contribution < 1.29 is 9.90 Å². The van der Waals surface area contributed by atoms with E-state index in [0.717, 1.165) is 24.9 Å². The molecule has 3 atom stereocenters. The Labute approximate surface area is 154 Å². The third-order valence-electron chi connectivity index (χ3n) is 5.57. The van der Waals surface area contributed by atoms with Gasteiger partial charge in [0.15, 0.2) is 0 Å². The summed E-state index contributed by atoms with van der Waals surface area (Å²) in [6, 6.07) is 14.5. The van der Waals surface area contributed by atoms with Crippen LogP contribution in [0.25, 0.3) is 0 Å². The van der Waals surface area contributed by atoms with Crippen LogP contribution in [0, 0.1) is 5.92 Å². The first-order valence-corrected chi connectivity index (χ1v) is 9.36. The number of benzene rings is 1. The molecule has 2 aromatic rings. The van der Waals surface area contributed by atoms with Crippen molar-refractivity contribution in [1.29, 1.82) is 0 Å². The molecule has 1 aliphatic carbocycles. The van der Waals surface area contributed by atoms with Gasteiger partial charge in [0, 0.05) is 49.4 Å². The van der Waals surface area contributed by atoms with Crippen molar-refractivity contribution >= 4 is 5.91 Å². The summed E-state index contributed by atoms with van der Waals surface area (Å²) in [5, 5.41) is 13.1. The summed E-state index contributed by atoms with van der Waals surface area (Å²) in [6.45, 7) is 1.45. The molecule has 0 radical (unpaired) electrons. The Morgan fingerprint density at radius 1 is 1.15 bits per heavy atom. The average Bonchev–Trinajstić information content (AvgIpc) is 3.52. The fourth-order valence-corrected chi connectivity index (χ4v) is 4.03. The van der Waals surface area contributed by atoms with E-state index in [4.69, 9.17) is 0 Å². The van der Waals surface area contributed by atoms with Gasteiger partial charge < -0.3 is 10.4 Å². The largest absolute Gasteiger partial charge is 0.395 e. The van der Waals surface area contributed by atoms with Crippen LogP contribution in [0.1, 0.15) is 29.9 Å². The summed E-state index contributed by atoms with van der Waals surface area (Å²) in [5.41, 5.74) is 2.34. The third kappa shape index (κ3) is 3.50. The highest BCUT2D eigenvalue weighted by molar-refractivity contribution is 5.80. The third-order valence-corrected chi connectivity index (χ3v) is 5.57. The Balaban J connectivity index is 1.52. The number of hydrogen-bond donors (Lipinski definition) is 2. The number of nitrogens with one attached hydrogen (secondary N) is 1. The highest BCUT2D eigenvalue weighted by Gasteiger charge is 2.48. The monoisotopic (exact) mass is 351 g/mol. The van der Waals surface area contributed by atoms with Gasteiger partial charge in [0.2, 0.25) is 5.91 Å². The van der Waals surface area contributed by atoms with E-state index in [1.165, 1.54) is 5.56 Å². The lowest BCUT2D eigenvalue weighted by atomic mass is 9.75. The zero-order chi connectivity index (χ0) is 17.9. The molecular weight excluding hydrogens is 326 g/mol. The van der Waals surface area contributed by atoms with Gasteiger partial charge in [-0.1, -0.05) is 36.4 Å². The van der Waals surface area contributed by atoms with E-state index in [1.54, 1.807) is 6.20 Å². The lowest BCUT2D eigenvalue weighted by molar-refractivity contribution is -0.123. The summed E-state index contributed by atoms with van der Waals surface area (Å²) < 4.78 is 0. The lowest BCUT2D eigenvalue weighted by Crippen LogP contribution is -2.66. The van der Waals surface area contributed by atoms with Crippen LogP contribution in [0.2, 0.25) is 0 Å². The van der Waals surface area contributed by atoms with Crippen LogP contribution in [-0.4, -0.2) is 46.1 Å². The molecule has 0 bridgehead atoms. The van der Waals surface area contributed by atoms with Crippen LogP contribution < -0.4 is 5.32 Å². The molecule has 26 heavy (non-hydrogen) atoms. The minimum atomic E-state index is 0.0560. The number of hydrogen-bond acceptors (Lipinski definition) is 4. The maximum atomic E-state index is 12.1. The number of pyridine rings is 1. The van der Waals surface area contributed by atoms with E-state index in [1.807, 2.05) is 30.5 Å². The number of amides is 1. The quantitative estimate of drug-likeness (QED) is 0.800. The van der Waals surface area contributed by atoms with Crippen molar-refractivity contribution in [3.8, 4) is 0 Å². The van der Waals surface area contributed by atoms with Gasteiger partial charge in [0.05, 0.1) is 6.61 Å². The number of carbonyl (C=O) groups excluding carboxylic acids is 1. The van der Waals surface area contributed by atoms with E-state index in [-0.39, 0.29) is 36.4 Å². The molecule has 2 fully saturated rings. The van der Waals surface area contributed by atoms with Gasteiger partial charge in [-0.3, -0.25) is 14.7 Å². The highest BCUT2D eigenvalue weighted by atomic mass is 16.3. The molecule has 136 valence electrons. The fraction of sp³-hybridized carbons (Fsp3) is 0.429. The second-order valence-corrected chi connectivity index (χ2v) is 7.31. The molecule has 1 saturated heterocycles. The Hall–Kier alpha value is -2.24. The molecular formula is C21H25N3O2. The molecule has 1 aromatic carbocycles. The predicted molar refractivity (Wildman–Crippen MR) is 99.4 cm³/mol. The summed E-state index contributed by atoms with van der Waals surface area (Å²) in [4.78, 5) is 18.6. The van der Waals surface area contributed by atoms with Gasteiger partial charge in [-0.2, -0.15) is 0 Å². The molecule has 1 amide bonds. The number of likely N-dealkylation sites (tertiary alicyclic amines) is 1. The SMILES string of the molecule is O=C(NC[C@H]1[C@@H](c2ccccc2)[C@@H](CO)N1Cc1cccnc1)C1CC1. The molecule has 0 unspecified atom stereocenters. The van der Waals surface area contributed by atoms with E-state index in [2.05, 4.69) is 33.4 Å². The standard InChI is InChI=1S/C21H25N3O2/c25-14-19-20(16-6-2-1-3-7-16)18(12-23-21(26)17-8-9-17)24(19)13-15-5-4-10-22-11-15/h1-7,10-11,17-20,25H,8-9,12-14H2,(H,23,26)/t18-,19+,20+/m0/s1. The van der Waals surface area contributed by atoms with Gasteiger partial charge in [0.25, 0.3) is 0 Å².